The summed E-state index contributed by atoms with van der Waals surface area (Å²) in [6.07, 6.45) is 1.71. The highest BCUT2D eigenvalue weighted by Crippen LogP contribution is 2.28. The SMILES string of the molecule is Cn1cc(-c2cccc(S(=O)(=O)NCCO)c2)c2ccccc2c1=O. The largest absolute Gasteiger partial charge is 0.395 e. The first-order chi connectivity index (χ1) is 11.9. The number of hydrogen-bond donors (Lipinski definition) is 2. The minimum atomic E-state index is -3.70. The van der Waals surface area contributed by atoms with Crippen LogP contribution < -0.4 is 10.3 Å². The minimum absolute atomic E-state index is 0.0463. The van der Waals surface area contributed by atoms with Crippen molar-refractivity contribution in [1.29, 1.82) is 0 Å². The molecular weight excluding hydrogens is 340 g/mol. The smallest absolute Gasteiger partial charge is 0.258 e. The van der Waals surface area contributed by atoms with Gasteiger partial charge in [-0.1, -0.05) is 30.3 Å². The Balaban J connectivity index is 2.19. The predicted octanol–water partition coefficient (Wildman–Crippen LogP) is 1.48. The molecule has 7 heteroatoms. The van der Waals surface area contributed by atoms with Gasteiger partial charge in [-0.05, 0) is 29.1 Å². The van der Waals surface area contributed by atoms with Gasteiger partial charge in [0.1, 0.15) is 0 Å². The highest BCUT2D eigenvalue weighted by atomic mass is 32.2. The molecule has 0 amide bonds. The summed E-state index contributed by atoms with van der Waals surface area (Å²) in [6.45, 7) is -0.320. The fraction of sp³-hybridized carbons (Fsp3) is 0.167. The lowest BCUT2D eigenvalue weighted by molar-refractivity contribution is 0.301. The van der Waals surface area contributed by atoms with Crippen LogP contribution in [0.3, 0.4) is 0 Å². The van der Waals surface area contributed by atoms with E-state index in [9.17, 15) is 13.2 Å². The van der Waals surface area contributed by atoms with Gasteiger partial charge in [0.2, 0.25) is 10.0 Å². The molecule has 0 aliphatic carbocycles. The summed E-state index contributed by atoms with van der Waals surface area (Å²) in [6, 6.07) is 13.8. The Kier molecular flexibility index (Phi) is 4.71. The third-order valence-corrected chi connectivity index (χ3v) is 5.41. The average molecular weight is 358 g/mol. The number of aliphatic hydroxyl groups excluding tert-OH is 1. The minimum Gasteiger partial charge on any atom is -0.395 e. The van der Waals surface area contributed by atoms with E-state index < -0.39 is 10.0 Å². The van der Waals surface area contributed by atoms with Crippen LogP contribution in [0, 0.1) is 0 Å². The van der Waals surface area contributed by atoms with Crippen LogP contribution in [-0.2, 0) is 17.1 Å². The summed E-state index contributed by atoms with van der Waals surface area (Å²) in [5.74, 6) is 0. The van der Waals surface area contributed by atoms with Gasteiger partial charge in [-0.2, -0.15) is 0 Å². The Morgan fingerprint density at radius 3 is 2.52 bits per heavy atom. The highest BCUT2D eigenvalue weighted by Gasteiger charge is 2.15. The van der Waals surface area contributed by atoms with E-state index in [0.29, 0.717) is 10.9 Å². The zero-order valence-electron chi connectivity index (χ0n) is 13.6. The van der Waals surface area contributed by atoms with Crippen molar-refractivity contribution >= 4 is 20.8 Å². The molecule has 0 bridgehead atoms. The van der Waals surface area contributed by atoms with Crippen LogP contribution in [0.4, 0.5) is 0 Å². The molecule has 1 heterocycles. The van der Waals surface area contributed by atoms with Crippen molar-refractivity contribution in [3.63, 3.8) is 0 Å². The van der Waals surface area contributed by atoms with Crippen LogP contribution in [0.1, 0.15) is 0 Å². The third-order valence-electron chi connectivity index (χ3n) is 3.95. The fourth-order valence-corrected chi connectivity index (χ4v) is 3.81. The number of aromatic nitrogens is 1. The molecule has 25 heavy (non-hydrogen) atoms. The van der Waals surface area contributed by atoms with Gasteiger partial charge in [-0.3, -0.25) is 4.79 Å². The molecule has 0 spiro atoms. The van der Waals surface area contributed by atoms with Gasteiger partial charge in [0.15, 0.2) is 0 Å². The number of nitrogens with zero attached hydrogens (tertiary/aromatic N) is 1. The molecule has 1 aromatic heterocycles. The van der Waals surface area contributed by atoms with Crippen LogP contribution in [-0.4, -0.2) is 31.2 Å². The third kappa shape index (κ3) is 3.34. The lowest BCUT2D eigenvalue weighted by Crippen LogP contribution is -2.26. The van der Waals surface area contributed by atoms with Crippen molar-refractivity contribution in [3.05, 3.63) is 65.1 Å². The summed E-state index contributed by atoms with van der Waals surface area (Å²) in [5, 5.41) is 10.2. The number of aliphatic hydroxyl groups is 1. The summed E-state index contributed by atoms with van der Waals surface area (Å²) >= 11 is 0. The first-order valence-electron chi connectivity index (χ1n) is 7.73. The quantitative estimate of drug-likeness (QED) is 0.723. The Morgan fingerprint density at radius 2 is 1.80 bits per heavy atom. The van der Waals surface area contributed by atoms with Crippen molar-refractivity contribution in [2.75, 3.05) is 13.2 Å². The maximum atomic E-state index is 12.3. The standard InChI is InChI=1S/C18H18N2O4S/c1-20-12-17(15-7-2-3-8-16(15)18(20)22)13-5-4-6-14(11-13)25(23,24)19-9-10-21/h2-8,11-12,19,21H,9-10H2,1H3. The predicted molar refractivity (Wildman–Crippen MR) is 96.9 cm³/mol. The number of nitrogens with one attached hydrogen (secondary N) is 1. The monoisotopic (exact) mass is 358 g/mol. The molecule has 6 nitrogen and oxygen atoms in total. The zero-order valence-corrected chi connectivity index (χ0v) is 14.5. The van der Waals surface area contributed by atoms with Crippen molar-refractivity contribution in [2.24, 2.45) is 7.05 Å². The number of aryl methyl sites for hydroxylation is 1. The molecule has 0 aliphatic heterocycles. The van der Waals surface area contributed by atoms with Gasteiger partial charge in [0.25, 0.3) is 5.56 Å². The van der Waals surface area contributed by atoms with Gasteiger partial charge in [0.05, 0.1) is 11.5 Å². The van der Waals surface area contributed by atoms with E-state index in [-0.39, 0.29) is 23.6 Å². The molecule has 0 fully saturated rings. The van der Waals surface area contributed by atoms with Gasteiger partial charge < -0.3 is 9.67 Å². The van der Waals surface area contributed by atoms with E-state index >= 15 is 0 Å². The van der Waals surface area contributed by atoms with Gasteiger partial charge in [0, 0.05) is 30.7 Å². The maximum Gasteiger partial charge on any atom is 0.258 e. The summed E-state index contributed by atoms with van der Waals surface area (Å²) in [7, 11) is -2.03. The Labute approximate surface area is 145 Å². The Bertz CT molecular complexity index is 1090. The van der Waals surface area contributed by atoms with Crippen molar-refractivity contribution in [1.82, 2.24) is 9.29 Å². The lowest BCUT2D eigenvalue weighted by atomic mass is 10.0. The topological polar surface area (TPSA) is 88.4 Å². The molecule has 3 aromatic rings. The molecular formula is C18H18N2O4S. The van der Waals surface area contributed by atoms with Crippen LogP contribution in [0.15, 0.2) is 64.4 Å². The molecule has 0 unspecified atom stereocenters. The molecule has 0 saturated carbocycles. The van der Waals surface area contributed by atoms with Gasteiger partial charge in [-0.15, -0.1) is 0 Å². The van der Waals surface area contributed by atoms with E-state index in [1.807, 2.05) is 12.1 Å². The van der Waals surface area contributed by atoms with Crippen LogP contribution in [0.2, 0.25) is 0 Å². The second kappa shape index (κ2) is 6.79. The molecule has 130 valence electrons. The molecule has 2 aromatic carbocycles. The summed E-state index contributed by atoms with van der Waals surface area (Å²) in [4.78, 5) is 12.4. The van der Waals surface area contributed by atoms with E-state index in [0.717, 1.165) is 10.9 Å². The van der Waals surface area contributed by atoms with Gasteiger partial charge >= 0.3 is 0 Å². The van der Waals surface area contributed by atoms with Crippen LogP contribution in [0.25, 0.3) is 21.9 Å². The van der Waals surface area contributed by atoms with E-state index in [2.05, 4.69) is 4.72 Å². The van der Waals surface area contributed by atoms with Crippen molar-refractivity contribution in [3.8, 4) is 11.1 Å². The molecule has 0 saturated heterocycles. The lowest BCUT2D eigenvalue weighted by Gasteiger charge is -2.11. The van der Waals surface area contributed by atoms with E-state index in [4.69, 9.17) is 5.11 Å². The number of benzene rings is 2. The van der Waals surface area contributed by atoms with E-state index in [1.165, 1.54) is 10.6 Å². The summed E-state index contributed by atoms with van der Waals surface area (Å²) < 4.78 is 28.4. The maximum absolute atomic E-state index is 12.3. The Hall–Kier alpha value is -2.48. The summed E-state index contributed by atoms with van der Waals surface area (Å²) in [5.41, 5.74) is 1.36. The number of sulfonamides is 1. The van der Waals surface area contributed by atoms with Crippen molar-refractivity contribution < 1.29 is 13.5 Å². The van der Waals surface area contributed by atoms with Crippen molar-refractivity contribution in [2.45, 2.75) is 4.90 Å². The molecule has 2 N–H and O–H groups in total. The molecule has 3 rings (SSSR count). The average Bonchev–Trinajstić information content (AvgIpc) is 2.63. The van der Waals surface area contributed by atoms with Crippen LogP contribution in [0.5, 0.6) is 0 Å². The fourth-order valence-electron chi connectivity index (χ4n) is 2.74. The van der Waals surface area contributed by atoms with Gasteiger partial charge in [-0.25, -0.2) is 13.1 Å². The zero-order chi connectivity index (χ0) is 18.0. The molecule has 0 atom stereocenters. The number of hydrogen-bond acceptors (Lipinski definition) is 4. The number of fused-ring (bicyclic) bond motifs is 1. The first kappa shape index (κ1) is 17.3. The number of pyridine rings is 1. The highest BCUT2D eigenvalue weighted by molar-refractivity contribution is 7.89. The first-order valence-corrected chi connectivity index (χ1v) is 9.22. The Morgan fingerprint density at radius 1 is 1.08 bits per heavy atom. The normalized spacial score (nSPS) is 11.8. The second-order valence-corrected chi connectivity index (χ2v) is 7.42. The second-order valence-electron chi connectivity index (χ2n) is 5.65. The molecule has 0 aliphatic rings. The molecule has 0 radical (unpaired) electrons. The van der Waals surface area contributed by atoms with Crippen LogP contribution >= 0.6 is 0 Å². The van der Waals surface area contributed by atoms with E-state index in [1.54, 1.807) is 43.6 Å². The number of rotatable bonds is 5.